The largest absolute Gasteiger partial charge is 0.481 e. The molecule has 2 atom stereocenters. The summed E-state index contributed by atoms with van der Waals surface area (Å²) in [4.78, 5) is 19.5. The predicted octanol–water partition coefficient (Wildman–Crippen LogP) is 7.03. The maximum Gasteiger partial charge on any atom is 0.306 e. The molecular formula is C37H41F2N5O5S. The summed E-state index contributed by atoms with van der Waals surface area (Å²) in [6, 6.07) is 14.7. The Hall–Kier alpha value is -4.62. The lowest BCUT2D eigenvalue weighted by Gasteiger charge is -2.31. The molecule has 10 nitrogen and oxygen atoms in total. The van der Waals surface area contributed by atoms with E-state index in [9.17, 15) is 18.3 Å². The van der Waals surface area contributed by atoms with Gasteiger partial charge in [0.2, 0.25) is 10.0 Å². The molecule has 1 unspecified atom stereocenters. The van der Waals surface area contributed by atoms with Crippen LogP contribution in [0.2, 0.25) is 0 Å². The maximum absolute atomic E-state index is 15.7. The molecule has 0 aliphatic carbocycles. The number of carboxylic acid groups (broad SMARTS) is 1. The quantitative estimate of drug-likeness (QED) is 0.183. The molecule has 5 aromatic rings. The van der Waals surface area contributed by atoms with Crippen LogP contribution in [0.3, 0.4) is 0 Å². The smallest absolute Gasteiger partial charge is 0.306 e. The third-order valence-corrected chi connectivity index (χ3v) is 11.2. The highest BCUT2D eigenvalue weighted by molar-refractivity contribution is 7.89. The molecule has 3 N–H and O–H groups in total. The molecule has 0 fully saturated rings. The minimum absolute atomic E-state index is 0.0392. The molecule has 13 heteroatoms. The number of carboxylic acids is 1. The van der Waals surface area contributed by atoms with Gasteiger partial charge in [-0.2, -0.15) is 5.10 Å². The summed E-state index contributed by atoms with van der Waals surface area (Å²) in [5.41, 5.74) is 0.975. The van der Waals surface area contributed by atoms with E-state index >= 15 is 8.78 Å². The van der Waals surface area contributed by atoms with Gasteiger partial charge < -0.3 is 14.8 Å². The number of nitrogens with zero attached hydrogens (tertiary/aromatic N) is 3. The second-order valence-corrected chi connectivity index (χ2v) is 16.0. The van der Waals surface area contributed by atoms with E-state index in [1.54, 1.807) is 26.2 Å². The van der Waals surface area contributed by atoms with Gasteiger partial charge in [-0.3, -0.25) is 4.79 Å². The SMILES string of the molecule is C[C@@H](Cc1cccc(C2(C)CCCC(C)(C)NS(=O)(=O)CCc3c(c(F)cc4[nH]ccc34)Oc3ccc(F)c(c3)-c3nc2nn3C)c1)C(=O)O. The molecule has 1 aliphatic rings. The first-order valence-corrected chi connectivity index (χ1v) is 18.2. The summed E-state index contributed by atoms with van der Waals surface area (Å²) in [6.07, 6.45) is 3.46. The maximum atomic E-state index is 15.7. The van der Waals surface area contributed by atoms with Gasteiger partial charge in [-0.1, -0.05) is 37.6 Å². The second-order valence-electron chi connectivity index (χ2n) is 14.1. The highest BCUT2D eigenvalue weighted by atomic mass is 32.2. The molecule has 3 heterocycles. The van der Waals surface area contributed by atoms with E-state index < -0.39 is 44.5 Å². The Morgan fingerprint density at radius 3 is 2.62 bits per heavy atom. The van der Waals surface area contributed by atoms with Crippen molar-refractivity contribution in [1.29, 1.82) is 0 Å². The van der Waals surface area contributed by atoms with Crippen LogP contribution in [0.4, 0.5) is 8.78 Å². The summed E-state index contributed by atoms with van der Waals surface area (Å²) in [5.74, 6) is -2.45. The highest BCUT2D eigenvalue weighted by Crippen LogP contribution is 2.40. The summed E-state index contributed by atoms with van der Waals surface area (Å²) in [7, 11) is -2.18. The zero-order valence-electron chi connectivity index (χ0n) is 28.7. The standard InChI is InChI=1S/C37H41F2N5O5S/c1-22(34(45)46)18-23-8-6-9-24(19-23)37(4)15-7-14-36(2,3)43-50(47,48)17-13-27-26-12-16-40-31(26)21-30(39)32(27)49-25-10-11-29(38)28(20-25)33-41-35(37)42-44(33)5/h6,8-12,16,19-22,40,43H,7,13-15,17-18H2,1-5H3,(H,45,46)/t22-,37?/m0/s1. The number of fused-ring (bicyclic) bond motifs is 8. The molecule has 0 radical (unpaired) electrons. The van der Waals surface area contributed by atoms with Crippen LogP contribution in [0.5, 0.6) is 11.5 Å². The number of rotatable bonds is 4. The third kappa shape index (κ3) is 7.15. The van der Waals surface area contributed by atoms with Crippen molar-refractivity contribution in [1.82, 2.24) is 24.5 Å². The molecular weight excluding hydrogens is 664 g/mol. The van der Waals surface area contributed by atoms with Gasteiger partial charge in [0.1, 0.15) is 11.6 Å². The fourth-order valence-electron chi connectivity index (χ4n) is 6.80. The van der Waals surface area contributed by atoms with Gasteiger partial charge in [0.25, 0.3) is 0 Å². The summed E-state index contributed by atoms with van der Waals surface area (Å²) in [5, 5.41) is 14.9. The molecule has 1 aliphatic heterocycles. The number of benzene rings is 3. The Kier molecular flexibility index (Phi) is 9.33. The normalized spacial score (nSPS) is 19.9. The van der Waals surface area contributed by atoms with Crippen LogP contribution in [0, 0.1) is 17.6 Å². The van der Waals surface area contributed by atoms with Gasteiger partial charge in [-0.05, 0) is 81.8 Å². The molecule has 0 saturated carbocycles. The first kappa shape index (κ1) is 35.2. The minimum Gasteiger partial charge on any atom is -0.481 e. The van der Waals surface area contributed by atoms with Gasteiger partial charge in [0.05, 0.1) is 22.6 Å². The number of sulfonamides is 1. The van der Waals surface area contributed by atoms with Crippen molar-refractivity contribution in [2.75, 3.05) is 5.75 Å². The molecule has 3 aromatic carbocycles. The van der Waals surface area contributed by atoms with Gasteiger partial charge in [-0.25, -0.2) is 31.6 Å². The third-order valence-electron chi connectivity index (χ3n) is 9.58. The van der Waals surface area contributed by atoms with Crippen molar-refractivity contribution in [3.63, 3.8) is 0 Å². The highest BCUT2D eigenvalue weighted by Gasteiger charge is 2.36. The Balaban J connectivity index is 1.50. The lowest BCUT2D eigenvalue weighted by Crippen LogP contribution is -2.44. The van der Waals surface area contributed by atoms with Crippen LogP contribution < -0.4 is 9.46 Å². The Labute approximate surface area is 289 Å². The molecule has 0 saturated heterocycles. The average molecular weight is 706 g/mol. The van der Waals surface area contributed by atoms with Gasteiger partial charge in [0, 0.05) is 41.3 Å². The van der Waals surface area contributed by atoms with Crippen molar-refractivity contribution >= 4 is 26.9 Å². The van der Waals surface area contributed by atoms with Crippen molar-refractivity contribution in [2.45, 2.75) is 70.8 Å². The van der Waals surface area contributed by atoms with Crippen LogP contribution in [-0.2, 0) is 40.1 Å². The second kappa shape index (κ2) is 13.3. The van der Waals surface area contributed by atoms with Crippen LogP contribution in [-0.4, -0.2) is 50.5 Å². The topological polar surface area (TPSA) is 139 Å². The molecule has 2 aromatic heterocycles. The number of hydrogen-bond donors (Lipinski definition) is 3. The number of aryl methyl sites for hydroxylation is 2. The van der Waals surface area contributed by atoms with E-state index in [4.69, 9.17) is 14.8 Å². The lowest BCUT2D eigenvalue weighted by atomic mass is 9.75. The molecule has 50 heavy (non-hydrogen) atoms. The van der Waals surface area contributed by atoms with Crippen molar-refractivity contribution in [3.05, 3.63) is 94.9 Å². The van der Waals surface area contributed by atoms with Crippen LogP contribution in [0.15, 0.2) is 60.8 Å². The predicted molar refractivity (Wildman–Crippen MR) is 187 cm³/mol. The Morgan fingerprint density at radius 2 is 1.86 bits per heavy atom. The van der Waals surface area contributed by atoms with E-state index in [1.807, 2.05) is 45.0 Å². The molecule has 6 rings (SSSR count). The van der Waals surface area contributed by atoms with E-state index in [-0.39, 0.29) is 35.1 Å². The first-order valence-electron chi connectivity index (χ1n) is 16.6. The number of aromatic nitrogens is 4. The van der Waals surface area contributed by atoms with E-state index in [0.29, 0.717) is 48.0 Å². The summed E-state index contributed by atoms with van der Waals surface area (Å²) < 4.78 is 68.7. The monoisotopic (exact) mass is 705 g/mol. The number of aromatic amines is 1. The number of hydrogen-bond acceptors (Lipinski definition) is 6. The number of halogens is 2. The van der Waals surface area contributed by atoms with Crippen molar-refractivity contribution in [3.8, 4) is 22.9 Å². The summed E-state index contributed by atoms with van der Waals surface area (Å²) >= 11 is 0. The number of ether oxygens (including phenoxy) is 1. The molecule has 0 amide bonds. The zero-order valence-corrected chi connectivity index (χ0v) is 29.5. The van der Waals surface area contributed by atoms with Crippen LogP contribution in [0.25, 0.3) is 22.3 Å². The van der Waals surface area contributed by atoms with Crippen LogP contribution in [0.1, 0.15) is 69.5 Å². The van der Waals surface area contributed by atoms with Gasteiger partial charge >= 0.3 is 5.97 Å². The van der Waals surface area contributed by atoms with Crippen LogP contribution >= 0.6 is 0 Å². The number of carbonyl (C=O) groups is 1. The molecule has 264 valence electrons. The van der Waals surface area contributed by atoms with Gasteiger partial charge in [0.15, 0.2) is 23.2 Å². The van der Waals surface area contributed by atoms with Crippen molar-refractivity contribution < 1.29 is 31.8 Å². The molecule has 4 bridgehead atoms. The van der Waals surface area contributed by atoms with E-state index in [0.717, 1.165) is 11.1 Å². The van der Waals surface area contributed by atoms with E-state index in [2.05, 4.69) is 9.71 Å². The average Bonchev–Trinajstić information content (AvgIpc) is 3.67. The molecule has 0 spiro atoms. The van der Waals surface area contributed by atoms with E-state index in [1.165, 1.54) is 28.9 Å². The lowest BCUT2D eigenvalue weighted by molar-refractivity contribution is -0.141. The number of H-pyrrole nitrogens is 1. The zero-order chi connectivity index (χ0) is 36.0. The number of nitrogens with one attached hydrogen (secondary N) is 2. The fourth-order valence-corrected chi connectivity index (χ4v) is 8.32. The first-order chi connectivity index (χ1) is 23.5. The summed E-state index contributed by atoms with van der Waals surface area (Å²) in [6.45, 7) is 7.28. The van der Waals surface area contributed by atoms with Gasteiger partial charge in [-0.15, -0.1) is 0 Å². The fraction of sp³-hybridized carbons (Fsp3) is 0.378. The minimum atomic E-state index is -3.84. The number of aliphatic carboxylic acids is 1. The van der Waals surface area contributed by atoms with Crippen molar-refractivity contribution in [2.24, 2.45) is 13.0 Å². The Morgan fingerprint density at radius 1 is 1.08 bits per heavy atom. The Bertz CT molecular complexity index is 2200.